The van der Waals surface area contributed by atoms with Gasteiger partial charge in [0.1, 0.15) is 54.8 Å². The number of amides is 4. The topological polar surface area (TPSA) is 330 Å². The lowest BCUT2D eigenvalue weighted by molar-refractivity contribution is -0.345. The minimum absolute atomic E-state index is 0.00640. The van der Waals surface area contributed by atoms with Gasteiger partial charge in [-0.3, -0.25) is 9.59 Å². The van der Waals surface area contributed by atoms with Gasteiger partial charge in [0.2, 0.25) is 0 Å². The number of alkyl carbamates (subject to hydrolysis) is 4. The first-order valence-electron chi connectivity index (χ1n) is 33.8. The summed E-state index contributed by atoms with van der Waals surface area (Å²) in [6, 6.07) is 20.4. The zero-order valence-corrected chi connectivity index (χ0v) is 56.9. The standard InChI is InChI=1S/C73H96N4O21/c1-10-32-89-67(83)74-36-45-13-17-47(18-14-45)38-76-69(85)94-52-28-30-71(7)50(34-52)23-26-53-54(71)29-31-72(8)55(53)35-59(73(72,87)43(5)56(79)27-12-42(3)4)96-66-63(93-44(6)78)61(57(80)40-91-66)98-65-62(97-64(82)49-21-24-51(88-9)25-22-49)60(81)58(41-92-65)95-70(86)77-39-48-19-15-46(16-20-48)37-75-68(84)90-33-11-2/h10-11,13-25,42-43,52-55,57-63,65-66,80-81,87H,1-2,12,26-41H2,3-9H3,(H,74,83)(H,75,84)(H,76,85)(H,77,86)/t43-,52+,53-,54?,55+,57?,58?,59+,60?,61?,62?,63?,65?,66?,71+,72+,73-/m1/s1. The first-order valence-corrected chi connectivity index (χ1v) is 33.8. The van der Waals surface area contributed by atoms with E-state index in [9.17, 15) is 48.9 Å². The van der Waals surface area contributed by atoms with Gasteiger partial charge in [-0.05, 0) is 121 Å². The van der Waals surface area contributed by atoms with Crippen LogP contribution in [0.25, 0.3) is 0 Å². The van der Waals surface area contributed by atoms with Crippen molar-refractivity contribution in [3.05, 3.63) is 138 Å². The van der Waals surface area contributed by atoms with Crippen molar-refractivity contribution in [3.8, 4) is 5.75 Å². The molecule has 25 nitrogen and oxygen atoms in total. The summed E-state index contributed by atoms with van der Waals surface area (Å²) in [7, 11) is 1.46. The van der Waals surface area contributed by atoms with Crippen molar-refractivity contribution in [1.82, 2.24) is 21.3 Å². The summed E-state index contributed by atoms with van der Waals surface area (Å²) >= 11 is 0. The lowest BCUT2D eigenvalue weighted by Crippen LogP contribution is -2.64. The molecule has 17 atom stereocenters. The number of carbonyl (C=O) groups is 7. The van der Waals surface area contributed by atoms with Crippen LogP contribution in [0.5, 0.6) is 5.75 Å². The summed E-state index contributed by atoms with van der Waals surface area (Å²) in [4.78, 5) is 92.3. The highest BCUT2D eigenvalue weighted by atomic mass is 16.8. The van der Waals surface area contributed by atoms with Gasteiger partial charge in [-0.15, -0.1) is 0 Å². The number of rotatable bonds is 27. The zero-order chi connectivity index (χ0) is 70.5. The number of aliphatic hydroxyl groups excluding tert-OH is 2. The molecule has 7 N–H and O–H groups in total. The smallest absolute Gasteiger partial charge is 0.407 e. The number of Topliss-reactive ketones (excluding diaryl/α,β-unsaturated/α-hetero) is 1. The lowest BCUT2D eigenvalue weighted by Gasteiger charge is -2.59. The van der Waals surface area contributed by atoms with Gasteiger partial charge < -0.3 is 88.7 Å². The Kier molecular flexibility index (Phi) is 25.3. The van der Waals surface area contributed by atoms with Crippen molar-refractivity contribution in [2.75, 3.05) is 33.5 Å². The van der Waals surface area contributed by atoms with Gasteiger partial charge in [0.05, 0.1) is 32.0 Å². The number of hydrogen-bond donors (Lipinski definition) is 7. The number of fused-ring (bicyclic) bond motifs is 5. The van der Waals surface area contributed by atoms with Gasteiger partial charge in [-0.25, -0.2) is 24.0 Å². The Morgan fingerprint density at radius 2 is 1.21 bits per heavy atom. The number of aliphatic hydroxyl groups is 3. The minimum atomic E-state index is -1.82. The molecule has 9 rings (SSSR count). The van der Waals surface area contributed by atoms with Gasteiger partial charge in [0.25, 0.3) is 0 Å². The Morgan fingerprint density at radius 1 is 0.663 bits per heavy atom. The second kappa shape index (κ2) is 33.3. The van der Waals surface area contributed by atoms with Crippen molar-refractivity contribution in [1.29, 1.82) is 0 Å². The first kappa shape index (κ1) is 74.3. The Labute approximate surface area is 571 Å². The summed E-state index contributed by atoms with van der Waals surface area (Å²) in [5, 5.41) is 48.6. The van der Waals surface area contributed by atoms with Crippen LogP contribution in [0.1, 0.15) is 132 Å². The summed E-state index contributed by atoms with van der Waals surface area (Å²) in [6.45, 7) is 18.3. The van der Waals surface area contributed by atoms with E-state index < -0.39 is 122 Å². The average molecular weight is 1370 g/mol. The molecular formula is C73H96N4O21. The summed E-state index contributed by atoms with van der Waals surface area (Å²) in [5.74, 6) is -2.19. The maximum atomic E-state index is 14.6. The van der Waals surface area contributed by atoms with Crippen LogP contribution in [0.2, 0.25) is 0 Å². The van der Waals surface area contributed by atoms with Crippen LogP contribution in [0, 0.1) is 40.4 Å². The fraction of sp³-hybridized carbons (Fsp3) is 0.575. The molecule has 0 bridgehead atoms. The molecule has 98 heavy (non-hydrogen) atoms. The largest absolute Gasteiger partial charge is 0.497 e. The third kappa shape index (κ3) is 17.6. The van der Waals surface area contributed by atoms with E-state index in [1.165, 1.54) is 49.1 Å². The number of methoxy groups -OCH3 is 1. The Bertz CT molecular complexity index is 3310. The molecule has 2 saturated heterocycles. The van der Waals surface area contributed by atoms with Crippen LogP contribution >= 0.6 is 0 Å². The molecule has 0 aromatic heterocycles. The molecule has 25 heteroatoms. The fourth-order valence-electron chi connectivity index (χ4n) is 15.3. The first-order chi connectivity index (χ1) is 46.9. The second-order valence-electron chi connectivity index (χ2n) is 27.3. The van der Waals surface area contributed by atoms with E-state index in [0.717, 1.165) is 36.5 Å². The normalized spacial score (nSPS) is 30.4. The molecule has 2 aliphatic heterocycles. The molecule has 0 radical (unpaired) electrons. The van der Waals surface area contributed by atoms with Crippen LogP contribution < -0.4 is 26.0 Å². The molecule has 9 unspecified atom stereocenters. The quantitative estimate of drug-likeness (QED) is 0.0213. The Balaban J connectivity index is 0.899. The maximum absolute atomic E-state index is 14.6. The van der Waals surface area contributed by atoms with E-state index in [1.807, 2.05) is 38.1 Å². The monoisotopic (exact) mass is 1360 g/mol. The highest BCUT2D eigenvalue weighted by molar-refractivity contribution is 5.89. The van der Waals surface area contributed by atoms with Gasteiger partial charge >= 0.3 is 36.3 Å². The van der Waals surface area contributed by atoms with Crippen molar-refractivity contribution in [3.63, 3.8) is 0 Å². The summed E-state index contributed by atoms with van der Waals surface area (Å²) in [5.41, 5.74) is 1.44. The van der Waals surface area contributed by atoms with Gasteiger partial charge in [0, 0.05) is 57.3 Å². The van der Waals surface area contributed by atoms with Crippen molar-refractivity contribution in [2.24, 2.45) is 40.4 Å². The number of carbonyl (C=O) groups excluding carboxylic acids is 7. The average Bonchev–Trinajstić information content (AvgIpc) is 1.48. The lowest BCUT2D eigenvalue weighted by atomic mass is 9.46. The highest BCUT2D eigenvalue weighted by Crippen LogP contribution is 2.69. The number of benzene rings is 3. The van der Waals surface area contributed by atoms with E-state index in [4.69, 9.17) is 52.1 Å². The number of esters is 2. The molecule has 6 aliphatic rings. The van der Waals surface area contributed by atoms with E-state index >= 15 is 0 Å². The number of ether oxygens (including phenoxy) is 11. The van der Waals surface area contributed by atoms with E-state index in [-0.39, 0.29) is 98.8 Å². The van der Waals surface area contributed by atoms with Gasteiger partial charge in [-0.2, -0.15) is 0 Å². The predicted octanol–water partition coefficient (Wildman–Crippen LogP) is 8.72. The van der Waals surface area contributed by atoms with Crippen LogP contribution in [-0.2, 0) is 83.1 Å². The third-order valence-electron chi connectivity index (χ3n) is 20.7. The van der Waals surface area contributed by atoms with Crippen molar-refractivity contribution < 1.29 is 101 Å². The molecule has 534 valence electrons. The number of nitrogens with one attached hydrogen (secondary N) is 4. The van der Waals surface area contributed by atoms with Crippen LogP contribution in [0.15, 0.2) is 110 Å². The van der Waals surface area contributed by atoms with E-state index in [1.54, 1.807) is 31.2 Å². The SMILES string of the molecule is C=CCOC(=O)NCc1ccc(CNC(=O)OC2COC(OC3C(O)COC(O[C@H]4C[C@H]5[C@@H]6CC=C7C[C@@H](OC(=O)NCc8ccc(CNC(=O)OCC=C)cc8)CC[C@]7(C)C6CC[C@]5(C)[C@@]4(O)[C@H](C)C(=O)CCC(C)C)C3OC(C)=O)C(OC(=O)c3ccc(OC)cc3)C2O)cc1. The highest BCUT2D eigenvalue weighted by Gasteiger charge is 2.71. The molecule has 0 spiro atoms. The third-order valence-corrected chi connectivity index (χ3v) is 20.7. The fourth-order valence-corrected chi connectivity index (χ4v) is 15.3. The molecule has 3 saturated carbocycles. The molecule has 3 aromatic carbocycles. The van der Waals surface area contributed by atoms with E-state index in [2.05, 4.69) is 54.3 Å². The maximum Gasteiger partial charge on any atom is 0.407 e. The van der Waals surface area contributed by atoms with Crippen molar-refractivity contribution >= 4 is 42.1 Å². The summed E-state index contributed by atoms with van der Waals surface area (Å²) < 4.78 is 64.8. The van der Waals surface area contributed by atoms with E-state index in [0.29, 0.717) is 43.4 Å². The van der Waals surface area contributed by atoms with Crippen LogP contribution in [0.3, 0.4) is 0 Å². The zero-order valence-electron chi connectivity index (χ0n) is 56.9. The molecule has 4 amide bonds. The minimum Gasteiger partial charge on any atom is -0.497 e. The molecule has 2 heterocycles. The molecular weight excluding hydrogens is 1270 g/mol. The Morgan fingerprint density at radius 3 is 1.77 bits per heavy atom. The Hall–Kier alpha value is -7.91. The molecule has 3 aromatic rings. The second-order valence-corrected chi connectivity index (χ2v) is 27.3. The van der Waals surface area contributed by atoms with Crippen molar-refractivity contribution in [2.45, 2.75) is 193 Å². The number of hydrogen-bond acceptors (Lipinski definition) is 21. The van der Waals surface area contributed by atoms with Gasteiger partial charge in [0.15, 0.2) is 30.9 Å². The summed E-state index contributed by atoms with van der Waals surface area (Å²) in [6.07, 6.45) is -6.94. The number of allylic oxidation sites excluding steroid dienone is 1. The molecule has 4 aliphatic carbocycles. The van der Waals surface area contributed by atoms with Crippen LogP contribution in [-0.4, -0.2) is 158 Å². The molecule has 5 fully saturated rings. The predicted molar refractivity (Wildman–Crippen MR) is 353 cm³/mol. The van der Waals surface area contributed by atoms with Crippen LogP contribution in [0.4, 0.5) is 19.2 Å². The number of ketones is 1. The van der Waals surface area contributed by atoms with Gasteiger partial charge in [-0.1, -0.05) is 120 Å².